The van der Waals surface area contributed by atoms with Crippen molar-refractivity contribution in [1.82, 2.24) is 4.98 Å². The molecule has 0 fully saturated rings. The number of rotatable bonds is 1. The van der Waals surface area contributed by atoms with Crippen LogP contribution in [0.3, 0.4) is 0 Å². The lowest BCUT2D eigenvalue weighted by Gasteiger charge is -2.13. The van der Waals surface area contributed by atoms with E-state index in [0.29, 0.717) is 11.1 Å². The number of fused-ring (bicyclic) bond motifs is 1. The number of carbonyl (C=O) groups is 1. The van der Waals surface area contributed by atoms with Gasteiger partial charge in [0.05, 0.1) is 11.1 Å². The van der Waals surface area contributed by atoms with Crippen LogP contribution in [0, 0.1) is 6.92 Å². The van der Waals surface area contributed by atoms with Gasteiger partial charge in [0.15, 0.2) is 0 Å². The summed E-state index contributed by atoms with van der Waals surface area (Å²) in [6.07, 6.45) is -3.33. The van der Waals surface area contributed by atoms with Gasteiger partial charge in [0, 0.05) is 17.1 Å². The fraction of sp³-hybridized carbons (Fsp3) is 0.182. The van der Waals surface area contributed by atoms with E-state index in [-0.39, 0.29) is 5.39 Å². The molecule has 0 bridgehead atoms. The van der Waals surface area contributed by atoms with Crippen LogP contribution in [0.2, 0.25) is 0 Å². The number of benzene rings is 1. The van der Waals surface area contributed by atoms with Crippen LogP contribution >= 0.6 is 0 Å². The molecule has 90 valence electrons. The third kappa shape index (κ3) is 1.75. The average Bonchev–Trinajstić information content (AvgIpc) is 2.63. The number of aryl methyl sites for hydroxylation is 1. The van der Waals surface area contributed by atoms with Crippen LogP contribution in [0.15, 0.2) is 18.3 Å². The Morgan fingerprint density at radius 1 is 1.41 bits per heavy atom. The summed E-state index contributed by atoms with van der Waals surface area (Å²) < 4.78 is 38.6. The number of alkyl halides is 3. The van der Waals surface area contributed by atoms with Crippen molar-refractivity contribution >= 4 is 16.9 Å². The van der Waals surface area contributed by atoms with Gasteiger partial charge in [-0.15, -0.1) is 0 Å². The molecule has 2 rings (SSSR count). The van der Waals surface area contributed by atoms with Gasteiger partial charge < -0.3 is 10.1 Å². The number of carboxylic acids is 1. The molecule has 0 amide bonds. The maximum absolute atomic E-state index is 12.9. The molecule has 0 saturated carbocycles. The van der Waals surface area contributed by atoms with Gasteiger partial charge in [-0.05, 0) is 24.6 Å². The standard InChI is InChI=1S/C11H8F3NO2/c1-5-4-7(10(16)17)8(11(12,13)14)6-2-3-15-9(5)6/h2-4,15H,1H3,(H,16,17). The monoisotopic (exact) mass is 243 g/mol. The number of aromatic carboxylic acids is 1. The van der Waals surface area contributed by atoms with Gasteiger partial charge in [0.1, 0.15) is 0 Å². The molecule has 2 N–H and O–H groups in total. The van der Waals surface area contributed by atoms with E-state index < -0.39 is 23.3 Å². The SMILES string of the molecule is Cc1cc(C(=O)O)c(C(F)(F)F)c2cc[nH]c12. The Kier molecular flexibility index (Phi) is 2.38. The molecule has 2 aromatic rings. The summed E-state index contributed by atoms with van der Waals surface area (Å²) in [4.78, 5) is 13.5. The van der Waals surface area contributed by atoms with Gasteiger partial charge in [-0.1, -0.05) is 0 Å². The molecule has 0 unspecified atom stereocenters. The lowest BCUT2D eigenvalue weighted by atomic mass is 9.99. The Morgan fingerprint density at radius 3 is 2.59 bits per heavy atom. The number of aromatic nitrogens is 1. The van der Waals surface area contributed by atoms with Crippen molar-refractivity contribution in [1.29, 1.82) is 0 Å². The second-order valence-corrected chi connectivity index (χ2v) is 3.69. The summed E-state index contributed by atoms with van der Waals surface area (Å²) in [6.45, 7) is 1.56. The third-order valence-corrected chi connectivity index (χ3v) is 2.55. The van der Waals surface area contributed by atoms with E-state index in [4.69, 9.17) is 5.11 Å². The zero-order valence-electron chi connectivity index (χ0n) is 8.72. The lowest BCUT2D eigenvalue weighted by molar-refractivity contribution is -0.136. The van der Waals surface area contributed by atoms with E-state index >= 15 is 0 Å². The molecule has 0 aliphatic heterocycles. The summed E-state index contributed by atoms with van der Waals surface area (Å²) in [5.74, 6) is -1.58. The first-order valence-corrected chi connectivity index (χ1v) is 4.73. The zero-order chi connectivity index (χ0) is 12.8. The van der Waals surface area contributed by atoms with Crippen LogP contribution in [0.5, 0.6) is 0 Å². The van der Waals surface area contributed by atoms with E-state index in [1.165, 1.54) is 12.3 Å². The van der Waals surface area contributed by atoms with Crippen LogP contribution in [0.1, 0.15) is 21.5 Å². The van der Waals surface area contributed by atoms with Gasteiger partial charge in [0.2, 0.25) is 0 Å². The number of halogens is 3. The highest BCUT2D eigenvalue weighted by Crippen LogP contribution is 2.38. The summed E-state index contributed by atoms with van der Waals surface area (Å²) >= 11 is 0. The molecule has 1 heterocycles. The fourth-order valence-electron chi connectivity index (χ4n) is 1.88. The van der Waals surface area contributed by atoms with Crippen molar-refractivity contribution in [2.45, 2.75) is 13.1 Å². The highest BCUT2D eigenvalue weighted by atomic mass is 19.4. The smallest absolute Gasteiger partial charge is 0.417 e. The molecule has 0 spiro atoms. The van der Waals surface area contributed by atoms with Crippen LogP contribution in [-0.4, -0.2) is 16.1 Å². The molecule has 3 nitrogen and oxygen atoms in total. The Hall–Kier alpha value is -1.98. The summed E-state index contributed by atoms with van der Waals surface area (Å²) in [7, 11) is 0. The normalized spacial score (nSPS) is 12.0. The molecule has 0 aliphatic rings. The molecule has 0 aliphatic carbocycles. The molecule has 0 atom stereocenters. The van der Waals surface area contributed by atoms with E-state index in [9.17, 15) is 18.0 Å². The fourth-order valence-corrected chi connectivity index (χ4v) is 1.88. The van der Waals surface area contributed by atoms with Crippen molar-refractivity contribution in [2.24, 2.45) is 0 Å². The topological polar surface area (TPSA) is 53.1 Å². The van der Waals surface area contributed by atoms with E-state index in [1.54, 1.807) is 6.92 Å². The molecular formula is C11H8F3NO2. The van der Waals surface area contributed by atoms with Gasteiger partial charge >= 0.3 is 12.1 Å². The minimum atomic E-state index is -4.69. The average molecular weight is 243 g/mol. The minimum absolute atomic E-state index is 0.116. The van der Waals surface area contributed by atoms with Crippen molar-refractivity contribution < 1.29 is 23.1 Å². The first-order chi connectivity index (χ1) is 7.82. The highest BCUT2D eigenvalue weighted by Gasteiger charge is 2.37. The second kappa shape index (κ2) is 3.51. The number of aromatic amines is 1. The molecule has 6 heteroatoms. The maximum atomic E-state index is 12.9. The molecule has 0 radical (unpaired) electrons. The minimum Gasteiger partial charge on any atom is -0.478 e. The Bertz CT molecular complexity index is 599. The van der Waals surface area contributed by atoms with Crippen molar-refractivity contribution in [2.75, 3.05) is 0 Å². The van der Waals surface area contributed by atoms with E-state index in [1.807, 2.05) is 0 Å². The number of hydrogen-bond acceptors (Lipinski definition) is 1. The predicted molar refractivity (Wildman–Crippen MR) is 55.0 cm³/mol. The quantitative estimate of drug-likeness (QED) is 0.808. The van der Waals surface area contributed by atoms with Crippen molar-refractivity contribution in [3.63, 3.8) is 0 Å². The number of hydrogen-bond donors (Lipinski definition) is 2. The van der Waals surface area contributed by atoms with Gasteiger partial charge in [-0.25, -0.2) is 4.79 Å². The molecule has 17 heavy (non-hydrogen) atoms. The molecule has 0 saturated heterocycles. The lowest BCUT2D eigenvalue weighted by Crippen LogP contribution is -2.13. The number of nitrogens with one attached hydrogen (secondary N) is 1. The Balaban J connectivity index is 2.94. The van der Waals surface area contributed by atoms with Crippen LogP contribution in [0.4, 0.5) is 13.2 Å². The summed E-state index contributed by atoms with van der Waals surface area (Å²) in [6, 6.07) is 2.27. The maximum Gasteiger partial charge on any atom is 0.417 e. The first-order valence-electron chi connectivity index (χ1n) is 4.73. The highest BCUT2D eigenvalue weighted by molar-refractivity contribution is 5.98. The summed E-state index contributed by atoms with van der Waals surface area (Å²) in [5, 5.41) is 8.72. The molecular weight excluding hydrogens is 235 g/mol. The van der Waals surface area contributed by atoms with Gasteiger partial charge in [0.25, 0.3) is 0 Å². The summed E-state index contributed by atoms with van der Waals surface area (Å²) in [5.41, 5.74) is -1.05. The zero-order valence-corrected chi connectivity index (χ0v) is 8.72. The Morgan fingerprint density at radius 2 is 2.06 bits per heavy atom. The predicted octanol–water partition coefficient (Wildman–Crippen LogP) is 3.19. The number of H-pyrrole nitrogens is 1. The largest absolute Gasteiger partial charge is 0.478 e. The van der Waals surface area contributed by atoms with Crippen LogP contribution < -0.4 is 0 Å². The molecule has 1 aromatic carbocycles. The molecule has 1 aromatic heterocycles. The third-order valence-electron chi connectivity index (χ3n) is 2.55. The second-order valence-electron chi connectivity index (χ2n) is 3.69. The van der Waals surface area contributed by atoms with Gasteiger partial charge in [-0.3, -0.25) is 0 Å². The van der Waals surface area contributed by atoms with Crippen LogP contribution in [-0.2, 0) is 6.18 Å². The van der Waals surface area contributed by atoms with Crippen LogP contribution in [0.25, 0.3) is 10.9 Å². The van der Waals surface area contributed by atoms with Crippen molar-refractivity contribution in [3.8, 4) is 0 Å². The first kappa shape index (κ1) is 11.5. The van der Waals surface area contributed by atoms with E-state index in [2.05, 4.69) is 4.98 Å². The van der Waals surface area contributed by atoms with E-state index in [0.717, 1.165) is 6.07 Å². The van der Waals surface area contributed by atoms with Crippen molar-refractivity contribution in [3.05, 3.63) is 35.0 Å². The number of carboxylic acid groups (broad SMARTS) is 1. The van der Waals surface area contributed by atoms with Gasteiger partial charge in [-0.2, -0.15) is 13.2 Å². The Labute approximate surface area is 93.9 Å².